The summed E-state index contributed by atoms with van der Waals surface area (Å²) in [4.78, 5) is 9.92. The third-order valence-electron chi connectivity index (χ3n) is 0.614. The van der Waals surface area contributed by atoms with Crippen LogP contribution in [-0.2, 0) is 27.2 Å². The van der Waals surface area contributed by atoms with Gasteiger partial charge in [-0.3, -0.25) is 4.79 Å². The number of ketones is 1. The smallest absolute Gasteiger partial charge is 0.869 e. The molecule has 84 valence electrons. The van der Waals surface area contributed by atoms with Gasteiger partial charge in [-0.1, -0.05) is 14.9 Å². The second-order valence-corrected chi connectivity index (χ2v) is 1.62. The van der Waals surface area contributed by atoms with Crippen LogP contribution in [0.25, 0.3) is 0 Å². The molecule has 0 aromatic heterocycles. The molecule has 0 atom stereocenters. The molecule has 0 heterocycles. The van der Waals surface area contributed by atoms with E-state index in [9.17, 15) is 23.1 Å². The molecule has 0 unspecified atom stereocenters. The number of allylic oxidation sites excluding steroid dienone is 2. The molecule has 6 heteroatoms. The van der Waals surface area contributed by atoms with Crippen LogP contribution in [0, 0.1) is 0 Å². The zero-order chi connectivity index (χ0) is 8.36. The average molecular weight is 382 g/mol. The maximum Gasteiger partial charge on any atom is 1.00 e. The topological polar surface area (TPSA) is 40.1 Å². The molecule has 0 aliphatic rings. The quantitative estimate of drug-likeness (QED) is 0.393. The van der Waals surface area contributed by atoms with Gasteiger partial charge in [0, 0.05) is 0 Å². The largest absolute Gasteiger partial charge is 1.00 e. The normalized spacial score (nSPS) is 10.3. The summed E-state index contributed by atoms with van der Waals surface area (Å²) in [5, 5.41) is 9.87. The molecule has 0 N–H and O–H groups in total. The van der Waals surface area contributed by atoms with Crippen molar-refractivity contribution in [3.05, 3.63) is 11.8 Å². The Kier molecular flexibility index (Phi) is 14.8. The molecule has 13 heavy (non-hydrogen) atoms. The second-order valence-electron chi connectivity index (χ2n) is 1.62. The van der Waals surface area contributed by atoms with Crippen LogP contribution in [0.3, 0.4) is 0 Å². The summed E-state index contributed by atoms with van der Waals surface area (Å²) in [6.45, 7) is 0.879. The van der Waals surface area contributed by atoms with Gasteiger partial charge in [0.25, 0.3) is 0 Å². The van der Waals surface area contributed by atoms with Crippen LogP contribution >= 0.6 is 0 Å². The van der Waals surface area contributed by atoms with Gasteiger partial charge in [0.15, 0.2) is 5.78 Å². The zero-order valence-corrected chi connectivity index (χ0v) is 7.50. The molecule has 0 aliphatic heterocycles. The standard InChI is InChI=1S/C5H5F3O2.2CH4.Au/c1-3(9)2-4(10)5(6,7)8;;;/h2,10H,1H3;2*1H4;/q;;;+1/p-1/b4-2-;;;. The minimum absolute atomic E-state index is 0. The third-order valence-corrected chi connectivity index (χ3v) is 0.614. The Morgan fingerprint density at radius 1 is 1.31 bits per heavy atom. The minimum Gasteiger partial charge on any atom is -0.869 e. The maximum atomic E-state index is 11.3. The van der Waals surface area contributed by atoms with Gasteiger partial charge in [0.2, 0.25) is 0 Å². The summed E-state index contributed by atoms with van der Waals surface area (Å²) in [5.41, 5.74) is 0. The number of hydrogen-bond acceptors (Lipinski definition) is 2. The third kappa shape index (κ3) is 11.7. The van der Waals surface area contributed by atoms with E-state index >= 15 is 0 Å². The molecule has 0 rings (SSSR count). The molecule has 0 saturated carbocycles. The van der Waals surface area contributed by atoms with E-state index in [-0.39, 0.29) is 43.3 Å². The van der Waals surface area contributed by atoms with Gasteiger partial charge >= 0.3 is 28.6 Å². The summed E-state index contributed by atoms with van der Waals surface area (Å²) in [5.74, 6) is -3.01. The molecule has 0 fully saturated rings. The van der Waals surface area contributed by atoms with E-state index in [0.717, 1.165) is 6.92 Å². The van der Waals surface area contributed by atoms with Gasteiger partial charge in [-0.15, -0.1) is 0 Å². The second kappa shape index (κ2) is 8.34. The van der Waals surface area contributed by atoms with E-state index in [1.54, 1.807) is 0 Å². The molecular weight excluding hydrogens is 370 g/mol. The number of rotatable bonds is 1. The molecule has 0 radical (unpaired) electrons. The molecule has 2 nitrogen and oxygen atoms in total. The Morgan fingerprint density at radius 2 is 1.62 bits per heavy atom. The van der Waals surface area contributed by atoms with E-state index in [4.69, 9.17) is 0 Å². The van der Waals surface area contributed by atoms with Crippen LogP contribution in [0.1, 0.15) is 21.8 Å². The SMILES string of the molecule is C.C.CC(=O)/C=C(\[O-])C(F)(F)F.[Au+]. The molecular formula is C7H12AuF3O2. The van der Waals surface area contributed by atoms with Crippen LogP contribution < -0.4 is 5.11 Å². The van der Waals surface area contributed by atoms with Crippen LogP contribution in [0.2, 0.25) is 0 Å². The van der Waals surface area contributed by atoms with E-state index in [0.29, 0.717) is 0 Å². The Balaban J connectivity index is -0.000000135. The van der Waals surface area contributed by atoms with Gasteiger partial charge in [-0.05, 0) is 18.8 Å². The minimum atomic E-state index is -4.92. The van der Waals surface area contributed by atoms with Gasteiger partial charge in [0.1, 0.15) is 0 Å². The first kappa shape index (κ1) is 23.0. The molecule has 0 aromatic carbocycles. The van der Waals surface area contributed by atoms with Crippen molar-refractivity contribution in [3.8, 4) is 0 Å². The number of hydrogen-bond donors (Lipinski definition) is 0. The van der Waals surface area contributed by atoms with E-state index in [2.05, 4.69) is 0 Å². The summed E-state index contributed by atoms with van der Waals surface area (Å²) in [6, 6.07) is 0. The zero-order valence-electron chi connectivity index (χ0n) is 5.33. The van der Waals surface area contributed by atoms with Crippen molar-refractivity contribution < 1.29 is 45.5 Å². The van der Waals surface area contributed by atoms with E-state index in [1.165, 1.54) is 0 Å². The number of halogens is 3. The van der Waals surface area contributed by atoms with E-state index < -0.39 is 17.7 Å². The van der Waals surface area contributed by atoms with Crippen molar-refractivity contribution in [2.24, 2.45) is 0 Å². The fourth-order valence-electron chi connectivity index (χ4n) is 0.266. The Bertz CT molecular complexity index is 175. The van der Waals surface area contributed by atoms with Crippen LogP contribution in [0.15, 0.2) is 11.8 Å². The Hall–Kier alpha value is -0.260. The first-order valence-electron chi connectivity index (χ1n) is 2.30. The number of carbonyl (C=O) groups is 1. The van der Waals surface area contributed by atoms with Gasteiger partial charge in [-0.25, -0.2) is 0 Å². The van der Waals surface area contributed by atoms with Crippen molar-refractivity contribution in [1.82, 2.24) is 0 Å². The molecule has 0 spiro atoms. The van der Waals surface area contributed by atoms with E-state index in [1.807, 2.05) is 0 Å². The summed E-state index contributed by atoms with van der Waals surface area (Å²) in [7, 11) is 0. The molecule has 0 amide bonds. The maximum absolute atomic E-state index is 11.3. The molecule has 0 aliphatic carbocycles. The molecule has 0 bridgehead atoms. The summed E-state index contributed by atoms with van der Waals surface area (Å²) in [6.07, 6.45) is -4.91. The Morgan fingerprint density at radius 3 is 1.69 bits per heavy atom. The van der Waals surface area contributed by atoms with Gasteiger partial charge in [0.05, 0.1) is 0 Å². The van der Waals surface area contributed by atoms with Gasteiger partial charge in [-0.2, -0.15) is 13.2 Å². The fraction of sp³-hybridized carbons (Fsp3) is 0.571. The van der Waals surface area contributed by atoms with Crippen molar-refractivity contribution in [2.75, 3.05) is 0 Å². The van der Waals surface area contributed by atoms with Crippen LogP contribution in [0.5, 0.6) is 0 Å². The van der Waals surface area contributed by atoms with Crippen molar-refractivity contribution in [3.63, 3.8) is 0 Å². The van der Waals surface area contributed by atoms with Gasteiger partial charge < -0.3 is 5.11 Å². The van der Waals surface area contributed by atoms with Crippen molar-refractivity contribution in [2.45, 2.75) is 28.0 Å². The molecule has 0 saturated heterocycles. The number of carbonyl (C=O) groups excluding carboxylic acids is 1. The first-order valence-corrected chi connectivity index (χ1v) is 2.30. The monoisotopic (exact) mass is 382 g/mol. The van der Waals surface area contributed by atoms with Crippen LogP contribution in [0.4, 0.5) is 13.2 Å². The average Bonchev–Trinajstić information content (AvgIpc) is 1.60. The van der Waals surface area contributed by atoms with Crippen molar-refractivity contribution >= 4 is 5.78 Å². The van der Waals surface area contributed by atoms with Crippen LogP contribution in [-0.4, -0.2) is 12.0 Å². The molecule has 0 aromatic rings. The summed E-state index contributed by atoms with van der Waals surface area (Å²) >= 11 is 0. The Labute approximate surface area is 91.3 Å². The predicted molar refractivity (Wildman–Crippen MR) is 38.3 cm³/mol. The predicted octanol–water partition coefficient (Wildman–Crippen LogP) is 1.65. The first-order chi connectivity index (χ1) is 4.34. The summed E-state index contributed by atoms with van der Waals surface area (Å²) < 4.78 is 33.8. The van der Waals surface area contributed by atoms with Crippen molar-refractivity contribution in [1.29, 1.82) is 0 Å². The fourth-order valence-corrected chi connectivity index (χ4v) is 0.266. The number of alkyl halides is 3.